The van der Waals surface area contributed by atoms with Crippen molar-refractivity contribution in [3.8, 4) is 0 Å². The summed E-state index contributed by atoms with van der Waals surface area (Å²) in [6, 6.07) is 8.92. The molecule has 0 amide bonds. The lowest BCUT2D eigenvalue weighted by Gasteiger charge is -2.18. The molecule has 0 bridgehead atoms. The predicted octanol–water partition coefficient (Wildman–Crippen LogP) is 3.62. The third-order valence-electron chi connectivity index (χ3n) is 3.41. The van der Waals surface area contributed by atoms with Gasteiger partial charge >= 0.3 is 0 Å². The highest BCUT2D eigenvalue weighted by atomic mass is 15.0. The van der Waals surface area contributed by atoms with Gasteiger partial charge in [-0.3, -0.25) is 4.99 Å². The van der Waals surface area contributed by atoms with Gasteiger partial charge in [-0.1, -0.05) is 30.7 Å². The van der Waals surface area contributed by atoms with Crippen molar-refractivity contribution < 1.29 is 0 Å². The number of hydrogen-bond donors (Lipinski definition) is 1. The second-order valence-electron chi connectivity index (χ2n) is 4.86. The number of rotatable bonds is 2. The molecule has 1 aliphatic rings. The first-order chi connectivity index (χ1) is 8.27. The van der Waals surface area contributed by atoms with Crippen LogP contribution in [0.2, 0.25) is 0 Å². The third-order valence-corrected chi connectivity index (χ3v) is 3.41. The van der Waals surface area contributed by atoms with Crippen molar-refractivity contribution in [2.45, 2.75) is 45.6 Å². The summed E-state index contributed by atoms with van der Waals surface area (Å²) in [6.45, 7) is 5.38. The molecule has 2 rings (SSSR count). The fourth-order valence-electron chi connectivity index (χ4n) is 2.39. The molecule has 2 heteroatoms. The molecule has 1 N–H and O–H groups in total. The monoisotopic (exact) mass is 230 g/mol. The lowest BCUT2D eigenvalue weighted by molar-refractivity contribution is 0.690. The van der Waals surface area contributed by atoms with E-state index in [2.05, 4.69) is 48.4 Å². The van der Waals surface area contributed by atoms with Crippen molar-refractivity contribution in [3.05, 3.63) is 35.4 Å². The molecule has 0 spiro atoms. The van der Waals surface area contributed by atoms with Gasteiger partial charge in [-0.25, -0.2) is 0 Å². The highest BCUT2D eigenvalue weighted by molar-refractivity contribution is 5.82. The number of nitrogens with zero attached hydrogens (tertiary/aromatic N) is 1. The Morgan fingerprint density at radius 1 is 1.18 bits per heavy atom. The Balaban J connectivity index is 2.03. The van der Waals surface area contributed by atoms with Crippen LogP contribution in [-0.2, 0) is 0 Å². The number of amidine groups is 1. The highest BCUT2D eigenvalue weighted by Crippen LogP contribution is 2.17. The van der Waals surface area contributed by atoms with Crippen molar-refractivity contribution in [2.24, 2.45) is 4.99 Å². The van der Waals surface area contributed by atoms with E-state index in [1.807, 2.05) is 0 Å². The maximum Gasteiger partial charge on any atom is 0.0967 e. The molecular formula is C15H22N2. The van der Waals surface area contributed by atoms with Gasteiger partial charge in [0.25, 0.3) is 0 Å². The summed E-state index contributed by atoms with van der Waals surface area (Å²) in [5.74, 6) is 1.19. The van der Waals surface area contributed by atoms with E-state index in [1.165, 1.54) is 36.2 Å². The van der Waals surface area contributed by atoms with Crippen molar-refractivity contribution >= 4 is 5.84 Å². The van der Waals surface area contributed by atoms with Crippen LogP contribution in [0.5, 0.6) is 0 Å². The van der Waals surface area contributed by atoms with Crippen molar-refractivity contribution in [2.75, 3.05) is 6.54 Å². The van der Waals surface area contributed by atoms with E-state index in [0.29, 0.717) is 6.04 Å². The number of hydrogen-bond acceptors (Lipinski definition) is 2. The zero-order valence-electron chi connectivity index (χ0n) is 10.9. The lowest BCUT2D eigenvalue weighted by Crippen LogP contribution is -2.27. The Morgan fingerprint density at radius 2 is 2.00 bits per heavy atom. The highest BCUT2D eigenvalue weighted by Gasteiger charge is 2.11. The fourth-order valence-corrected chi connectivity index (χ4v) is 2.39. The lowest BCUT2D eigenvalue weighted by atomic mass is 10.0. The van der Waals surface area contributed by atoms with Crippen LogP contribution in [0, 0.1) is 6.92 Å². The quantitative estimate of drug-likeness (QED) is 0.824. The van der Waals surface area contributed by atoms with E-state index in [1.54, 1.807) is 0 Å². The SMILES string of the molecule is Cc1ccccc1[C@H](C)NC1=NCCCCC1. The largest absolute Gasteiger partial charge is 0.367 e. The molecule has 1 aliphatic heterocycles. The first-order valence-electron chi connectivity index (χ1n) is 6.63. The molecule has 1 atom stereocenters. The van der Waals surface area contributed by atoms with Crippen LogP contribution in [0.15, 0.2) is 29.3 Å². The smallest absolute Gasteiger partial charge is 0.0967 e. The first-order valence-corrected chi connectivity index (χ1v) is 6.63. The maximum absolute atomic E-state index is 4.62. The molecule has 92 valence electrons. The van der Waals surface area contributed by atoms with Crippen LogP contribution in [0.25, 0.3) is 0 Å². The minimum Gasteiger partial charge on any atom is -0.367 e. The summed E-state index contributed by atoms with van der Waals surface area (Å²) in [7, 11) is 0. The van der Waals surface area contributed by atoms with Gasteiger partial charge in [0.2, 0.25) is 0 Å². The van der Waals surface area contributed by atoms with Crippen LogP contribution in [0.3, 0.4) is 0 Å². The zero-order chi connectivity index (χ0) is 12.1. The summed E-state index contributed by atoms with van der Waals surface area (Å²) in [6.07, 6.45) is 4.93. The molecule has 0 aromatic heterocycles. The second kappa shape index (κ2) is 5.85. The van der Waals surface area contributed by atoms with Gasteiger partial charge < -0.3 is 5.32 Å². The summed E-state index contributed by atoms with van der Waals surface area (Å²) in [5.41, 5.74) is 2.72. The molecule has 0 radical (unpaired) electrons. The Labute approximate surface area is 104 Å². The fraction of sp³-hybridized carbons (Fsp3) is 0.533. The minimum atomic E-state index is 0.355. The third kappa shape index (κ3) is 3.32. The minimum absolute atomic E-state index is 0.355. The topological polar surface area (TPSA) is 24.4 Å². The van der Waals surface area contributed by atoms with Crippen molar-refractivity contribution in [3.63, 3.8) is 0 Å². The van der Waals surface area contributed by atoms with E-state index < -0.39 is 0 Å². The van der Waals surface area contributed by atoms with Crippen molar-refractivity contribution in [1.82, 2.24) is 5.32 Å². The molecule has 17 heavy (non-hydrogen) atoms. The number of aliphatic imine (C=N–C) groups is 1. The van der Waals surface area contributed by atoms with E-state index in [4.69, 9.17) is 0 Å². The van der Waals surface area contributed by atoms with Gasteiger partial charge in [0.05, 0.1) is 5.84 Å². The van der Waals surface area contributed by atoms with Crippen LogP contribution >= 0.6 is 0 Å². The molecule has 1 aromatic rings. The molecule has 0 fully saturated rings. The average Bonchev–Trinajstić information content (AvgIpc) is 2.58. The second-order valence-corrected chi connectivity index (χ2v) is 4.86. The van der Waals surface area contributed by atoms with E-state index in [9.17, 15) is 0 Å². The summed E-state index contributed by atoms with van der Waals surface area (Å²) in [5, 5.41) is 3.57. The molecular weight excluding hydrogens is 208 g/mol. The Kier molecular flexibility index (Phi) is 4.18. The van der Waals surface area contributed by atoms with Crippen LogP contribution in [-0.4, -0.2) is 12.4 Å². The molecule has 0 aliphatic carbocycles. The van der Waals surface area contributed by atoms with Gasteiger partial charge in [-0.05, 0) is 37.8 Å². The number of nitrogens with one attached hydrogen (secondary N) is 1. The predicted molar refractivity (Wildman–Crippen MR) is 73.5 cm³/mol. The van der Waals surface area contributed by atoms with Gasteiger partial charge in [-0.2, -0.15) is 0 Å². The normalized spacial score (nSPS) is 18.1. The molecule has 0 unspecified atom stereocenters. The van der Waals surface area contributed by atoms with Crippen LogP contribution in [0.1, 0.15) is 49.8 Å². The van der Waals surface area contributed by atoms with E-state index in [0.717, 1.165) is 13.0 Å². The molecule has 0 saturated carbocycles. The van der Waals surface area contributed by atoms with Crippen LogP contribution in [0.4, 0.5) is 0 Å². The Morgan fingerprint density at radius 3 is 2.82 bits per heavy atom. The molecule has 1 aromatic carbocycles. The van der Waals surface area contributed by atoms with E-state index in [-0.39, 0.29) is 0 Å². The van der Waals surface area contributed by atoms with Gasteiger partial charge in [0.1, 0.15) is 0 Å². The summed E-state index contributed by atoms with van der Waals surface area (Å²) >= 11 is 0. The molecule has 0 saturated heterocycles. The summed E-state index contributed by atoms with van der Waals surface area (Å²) < 4.78 is 0. The average molecular weight is 230 g/mol. The number of aryl methyl sites for hydroxylation is 1. The molecule has 1 heterocycles. The molecule has 2 nitrogen and oxygen atoms in total. The zero-order valence-corrected chi connectivity index (χ0v) is 10.9. The maximum atomic E-state index is 4.62. The Hall–Kier alpha value is -1.31. The van der Waals surface area contributed by atoms with Gasteiger partial charge in [0.15, 0.2) is 0 Å². The number of benzene rings is 1. The van der Waals surface area contributed by atoms with E-state index >= 15 is 0 Å². The van der Waals surface area contributed by atoms with Gasteiger partial charge in [0, 0.05) is 19.0 Å². The van der Waals surface area contributed by atoms with Gasteiger partial charge in [-0.15, -0.1) is 0 Å². The summed E-state index contributed by atoms with van der Waals surface area (Å²) in [4.78, 5) is 4.62. The Bertz CT molecular complexity index is 396. The standard InChI is InChI=1S/C15H22N2/c1-12-8-5-6-9-14(12)13(2)17-15-10-4-3-7-11-16-15/h5-6,8-9,13H,3-4,7,10-11H2,1-2H3,(H,16,17)/t13-/m0/s1. The van der Waals surface area contributed by atoms with Crippen LogP contribution < -0.4 is 5.32 Å². The first kappa shape index (κ1) is 12.2. The van der Waals surface area contributed by atoms with Crippen molar-refractivity contribution in [1.29, 1.82) is 0 Å².